The summed E-state index contributed by atoms with van der Waals surface area (Å²) in [5.41, 5.74) is 4.98. The van der Waals surface area contributed by atoms with Crippen LogP contribution in [0.2, 0.25) is 0 Å². The van der Waals surface area contributed by atoms with E-state index in [0.717, 1.165) is 12.1 Å². The van der Waals surface area contributed by atoms with Gasteiger partial charge in [0.05, 0.1) is 12.7 Å². The van der Waals surface area contributed by atoms with Crippen molar-refractivity contribution in [3.05, 3.63) is 53.9 Å². The van der Waals surface area contributed by atoms with Gasteiger partial charge >= 0.3 is 0 Å². The molecule has 2 aromatic rings. The molecule has 0 saturated carbocycles. The van der Waals surface area contributed by atoms with Crippen LogP contribution in [-0.2, 0) is 11.3 Å². The summed E-state index contributed by atoms with van der Waals surface area (Å²) >= 11 is 0. The van der Waals surface area contributed by atoms with Crippen molar-refractivity contribution >= 4 is 0 Å². The van der Waals surface area contributed by atoms with Crippen LogP contribution in [0, 0.1) is 0 Å². The summed E-state index contributed by atoms with van der Waals surface area (Å²) in [6, 6.07) is 10.5. The molecule has 2 heterocycles. The van der Waals surface area contributed by atoms with Crippen molar-refractivity contribution < 1.29 is 4.74 Å². The van der Waals surface area contributed by atoms with E-state index in [1.807, 2.05) is 19.3 Å². The van der Waals surface area contributed by atoms with Gasteiger partial charge in [-0.05, 0) is 29.8 Å². The molecule has 1 aromatic heterocycles. The van der Waals surface area contributed by atoms with E-state index in [9.17, 15) is 0 Å². The van der Waals surface area contributed by atoms with E-state index in [0.29, 0.717) is 6.61 Å². The smallest absolute Gasteiger partial charge is 0.0957 e. The fourth-order valence-electron chi connectivity index (χ4n) is 2.49. The third-order valence-electron chi connectivity index (χ3n) is 3.35. The molecule has 18 heavy (non-hydrogen) atoms. The van der Waals surface area contributed by atoms with Crippen molar-refractivity contribution in [3.8, 4) is 11.1 Å². The lowest BCUT2D eigenvalue weighted by atomic mass is 9.96. The van der Waals surface area contributed by atoms with Gasteiger partial charge in [-0.1, -0.05) is 24.3 Å². The number of hydrogen-bond acceptors (Lipinski definition) is 3. The highest BCUT2D eigenvalue weighted by molar-refractivity contribution is 5.68. The molecule has 0 aliphatic carbocycles. The molecule has 92 valence electrons. The lowest BCUT2D eigenvalue weighted by molar-refractivity contribution is 0.0675. The highest BCUT2D eigenvalue weighted by Gasteiger charge is 2.24. The Balaban J connectivity index is 2.04. The molecule has 0 radical (unpaired) electrons. The zero-order valence-electron chi connectivity index (χ0n) is 10.4. The molecule has 0 spiro atoms. The van der Waals surface area contributed by atoms with E-state index in [1.165, 1.54) is 16.7 Å². The number of aromatic nitrogens is 1. The lowest BCUT2D eigenvalue weighted by Gasteiger charge is -2.11. The quantitative estimate of drug-likeness (QED) is 0.895. The van der Waals surface area contributed by atoms with Crippen molar-refractivity contribution in [2.45, 2.75) is 12.7 Å². The van der Waals surface area contributed by atoms with Crippen LogP contribution >= 0.6 is 0 Å². The summed E-state index contributed by atoms with van der Waals surface area (Å²) < 4.78 is 5.84. The van der Waals surface area contributed by atoms with Crippen molar-refractivity contribution in [3.63, 3.8) is 0 Å². The van der Waals surface area contributed by atoms with Gasteiger partial charge in [-0.25, -0.2) is 0 Å². The number of nitrogens with one attached hydrogen (secondary N) is 1. The number of ether oxygens (including phenoxy) is 1. The van der Waals surface area contributed by atoms with E-state index >= 15 is 0 Å². The Bertz CT molecular complexity index is 539. The van der Waals surface area contributed by atoms with Gasteiger partial charge in [0, 0.05) is 24.5 Å². The summed E-state index contributed by atoms with van der Waals surface area (Å²) in [6.45, 7) is 1.54. The molecule has 0 fully saturated rings. The van der Waals surface area contributed by atoms with E-state index < -0.39 is 0 Å². The zero-order chi connectivity index (χ0) is 12.4. The summed E-state index contributed by atoms with van der Waals surface area (Å²) in [5, 5.41) is 3.17. The van der Waals surface area contributed by atoms with Crippen LogP contribution in [0.25, 0.3) is 11.1 Å². The molecular formula is C15H16N2O. The first-order chi connectivity index (χ1) is 8.90. The molecule has 0 saturated heterocycles. The monoisotopic (exact) mass is 240 g/mol. The van der Waals surface area contributed by atoms with E-state index in [-0.39, 0.29) is 6.10 Å². The van der Waals surface area contributed by atoms with Crippen LogP contribution < -0.4 is 5.32 Å². The Labute approximate surface area is 107 Å². The van der Waals surface area contributed by atoms with Crippen molar-refractivity contribution in [2.75, 3.05) is 13.6 Å². The molecule has 0 bridgehead atoms. The van der Waals surface area contributed by atoms with Crippen LogP contribution in [-0.4, -0.2) is 18.6 Å². The Morgan fingerprint density at radius 1 is 1.33 bits per heavy atom. The maximum Gasteiger partial charge on any atom is 0.0957 e. The third kappa shape index (κ3) is 1.92. The summed E-state index contributed by atoms with van der Waals surface area (Å²) in [5.74, 6) is 0. The first-order valence-electron chi connectivity index (χ1n) is 6.18. The van der Waals surface area contributed by atoms with Gasteiger partial charge in [0.1, 0.15) is 0 Å². The number of likely N-dealkylation sites (N-methyl/N-ethyl adjacent to an activating group) is 1. The Hall–Kier alpha value is -1.71. The van der Waals surface area contributed by atoms with Crippen LogP contribution in [0.5, 0.6) is 0 Å². The summed E-state index contributed by atoms with van der Waals surface area (Å²) in [4.78, 5) is 4.19. The van der Waals surface area contributed by atoms with Gasteiger partial charge in [-0.15, -0.1) is 0 Å². The number of rotatable bonds is 3. The Morgan fingerprint density at radius 3 is 3.06 bits per heavy atom. The first-order valence-corrected chi connectivity index (χ1v) is 6.18. The SMILES string of the molecule is CNCC1OCc2c(-c3cccnc3)cccc21. The average Bonchev–Trinajstić information content (AvgIpc) is 2.84. The van der Waals surface area contributed by atoms with Crippen LogP contribution in [0.1, 0.15) is 17.2 Å². The van der Waals surface area contributed by atoms with E-state index in [1.54, 1.807) is 6.20 Å². The molecule has 1 atom stereocenters. The highest BCUT2D eigenvalue weighted by Crippen LogP contribution is 2.36. The molecule has 3 heteroatoms. The van der Waals surface area contributed by atoms with Gasteiger partial charge in [-0.2, -0.15) is 0 Å². The molecule has 1 aliphatic rings. The summed E-state index contributed by atoms with van der Waals surface area (Å²) in [7, 11) is 1.95. The molecule has 3 rings (SSSR count). The van der Waals surface area contributed by atoms with Gasteiger partial charge in [0.15, 0.2) is 0 Å². The molecule has 3 nitrogen and oxygen atoms in total. The highest BCUT2D eigenvalue weighted by atomic mass is 16.5. The number of benzene rings is 1. The molecule has 1 unspecified atom stereocenters. The standard InChI is InChI=1S/C15H16N2O/c1-16-9-15-13-6-2-5-12(14(13)10-18-15)11-4-3-7-17-8-11/h2-8,15-16H,9-10H2,1H3. The minimum atomic E-state index is 0.168. The normalized spacial score (nSPS) is 17.7. The summed E-state index contributed by atoms with van der Waals surface area (Å²) in [6.07, 6.45) is 3.87. The van der Waals surface area contributed by atoms with Crippen LogP contribution in [0.3, 0.4) is 0 Å². The second-order valence-corrected chi connectivity index (χ2v) is 4.47. The van der Waals surface area contributed by atoms with Crippen LogP contribution in [0.15, 0.2) is 42.7 Å². The van der Waals surface area contributed by atoms with Gasteiger partial charge in [0.25, 0.3) is 0 Å². The van der Waals surface area contributed by atoms with Gasteiger partial charge in [0.2, 0.25) is 0 Å². The maximum atomic E-state index is 5.84. The molecule has 1 N–H and O–H groups in total. The minimum Gasteiger partial charge on any atom is -0.367 e. The predicted molar refractivity (Wildman–Crippen MR) is 71.1 cm³/mol. The largest absolute Gasteiger partial charge is 0.367 e. The minimum absolute atomic E-state index is 0.168. The molecule has 0 amide bonds. The Morgan fingerprint density at radius 2 is 2.28 bits per heavy atom. The zero-order valence-corrected chi connectivity index (χ0v) is 10.4. The average molecular weight is 240 g/mol. The van der Waals surface area contributed by atoms with E-state index in [2.05, 4.69) is 34.6 Å². The second-order valence-electron chi connectivity index (χ2n) is 4.47. The number of hydrogen-bond donors (Lipinski definition) is 1. The van der Waals surface area contributed by atoms with Gasteiger partial charge < -0.3 is 10.1 Å². The number of fused-ring (bicyclic) bond motifs is 1. The fourth-order valence-corrected chi connectivity index (χ4v) is 2.49. The fraction of sp³-hybridized carbons (Fsp3) is 0.267. The van der Waals surface area contributed by atoms with Crippen LogP contribution in [0.4, 0.5) is 0 Å². The second kappa shape index (κ2) is 4.88. The molecule has 1 aromatic carbocycles. The van der Waals surface area contributed by atoms with Gasteiger partial charge in [-0.3, -0.25) is 4.98 Å². The third-order valence-corrected chi connectivity index (χ3v) is 3.35. The van der Waals surface area contributed by atoms with Crippen molar-refractivity contribution in [2.24, 2.45) is 0 Å². The number of pyridine rings is 1. The Kier molecular flexibility index (Phi) is 3.09. The van der Waals surface area contributed by atoms with Crippen molar-refractivity contribution in [1.29, 1.82) is 0 Å². The van der Waals surface area contributed by atoms with Crippen molar-refractivity contribution in [1.82, 2.24) is 10.3 Å². The first kappa shape index (κ1) is 11.4. The molecule has 1 aliphatic heterocycles. The number of nitrogens with zero attached hydrogens (tertiary/aromatic N) is 1. The topological polar surface area (TPSA) is 34.1 Å². The maximum absolute atomic E-state index is 5.84. The molecular weight excluding hydrogens is 224 g/mol. The lowest BCUT2D eigenvalue weighted by Crippen LogP contribution is -2.16. The predicted octanol–water partition coefficient (Wildman–Crippen LogP) is 2.54. The van der Waals surface area contributed by atoms with E-state index in [4.69, 9.17) is 4.74 Å².